The van der Waals surface area contributed by atoms with Crippen molar-refractivity contribution >= 4 is 11.7 Å². The predicted molar refractivity (Wildman–Crippen MR) is 67.9 cm³/mol. The van der Waals surface area contributed by atoms with E-state index in [1.165, 1.54) is 16.9 Å². The minimum atomic E-state index is -1.08. The van der Waals surface area contributed by atoms with Crippen molar-refractivity contribution in [3.8, 4) is 11.3 Å². The maximum atomic E-state index is 11.1. The number of aryl methyl sites for hydroxylation is 1. The Labute approximate surface area is 108 Å². The largest absolute Gasteiger partial charge is 0.477 e. The quantitative estimate of drug-likeness (QED) is 0.754. The predicted octanol–water partition coefficient (Wildman–Crippen LogP) is 1.80. The molecule has 0 amide bonds. The van der Waals surface area contributed by atoms with Crippen molar-refractivity contribution in [2.45, 2.75) is 6.92 Å². The Hall–Kier alpha value is -2.76. The number of benzene rings is 1. The van der Waals surface area contributed by atoms with Gasteiger partial charge in [0.1, 0.15) is 6.33 Å². The zero-order chi connectivity index (χ0) is 13.4. The second-order valence-electron chi connectivity index (χ2n) is 4.17. The van der Waals surface area contributed by atoms with E-state index >= 15 is 0 Å². The van der Waals surface area contributed by atoms with Crippen LogP contribution >= 0.6 is 0 Å². The highest BCUT2D eigenvalue weighted by atomic mass is 16.4. The van der Waals surface area contributed by atoms with Gasteiger partial charge < -0.3 is 5.11 Å². The van der Waals surface area contributed by atoms with Gasteiger partial charge in [-0.2, -0.15) is 14.6 Å². The van der Waals surface area contributed by atoms with Gasteiger partial charge in [-0.15, -0.1) is 0 Å². The first kappa shape index (κ1) is 11.3. The minimum Gasteiger partial charge on any atom is -0.477 e. The molecule has 1 N–H and O–H groups in total. The summed E-state index contributed by atoms with van der Waals surface area (Å²) in [4.78, 5) is 19.0. The number of carboxylic acid groups (broad SMARTS) is 1. The van der Waals surface area contributed by atoms with Gasteiger partial charge in [0, 0.05) is 5.56 Å². The van der Waals surface area contributed by atoms with Gasteiger partial charge in [0.25, 0.3) is 5.78 Å². The van der Waals surface area contributed by atoms with Crippen molar-refractivity contribution in [3.05, 3.63) is 47.9 Å². The second kappa shape index (κ2) is 4.16. The first-order chi connectivity index (χ1) is 9.15. The number of carboxylic acids is 1. The highest BCUT2D eigenvalue weighted by Crippen LogP contribution is 2.20. The van der Waals surface area contributed by atoms with Gasteiger partial charge in [-0.05, 0) is 13.0 Å². The molecular weight excluding hydrogens is 244 g/mol. The van der Waals surface area contributed by atoms with E-state index in [1.807, 2.05) is 31.2 Å². The molecule has 94 valence electrons. The molecule has 0 atom stereocenters. The van der Waals surface area contributed by atoms with Crippen molar-refractivity contribution in [3.63, 3.8) is 0 Å². The molecule has 2 heterocycles. The smallest absolute Gasteiger partial charge is 0.354 e. The van der Waals surface area contributed by atoms with E-state index in [-0.39, 0.29) is 11.5 Å². The first-order valence-electron chi connectivity index (χ1n) is 5.66. The molecule has 0 saturated carbocycles. The summed E-state index contributed by atoms with van der Waals surface area (Å²) in [5.74, 6) is -0.811. The number of nitrogens with zero attached hydrogens (tertiary/aromatic N) is 4. The first-order valence-corrected chi connectivity index (χ1v) is 5.66. The van der Waals surface area contributed by atoms with Gasteiger partial charge >= 0.3 is 5.97 Å². The number of carbonyl (C=O) groups is 1. The standard InChI is InChI=1S/C13H10N4O2/c1-8-2-4-9(5-3-8)11-6-10(12(18)19)16-13-14-7-15-17(11)13/h2-7H,1H3,(H,18,19). The Bertz CT molecular complexity index is 762. The molecule has 19 heavy (non-hydrogen) atoms. The number of aromatic nitrogens is 4. The maximum absolute atomic E-state index is 11.1. The molecule has 6 nitrogen and oxygen atoms in total. The van der Waals surface area contributed by atoms with Crippen LogP contribution in [0.3, 0.4) is 0 Å². The van der Waals surface area contributed by atoms with E-state index < -0.39 is 5.97 Å². The molecule has 0 unspecified atom stereocenters. The zero-order valence-corrected chi connectivity index (χ0v) is 10.1. The normalized spacial score (nSPS) is 10.8. The molecule has 0 fully saturated rings. The summed E-state index contributed by atoms with van der Waals surface area (Å²) in [6.07, 6.45) is 1.35. The molecule has 2 aromatic heterocycles. The molecule has 0 bridgehead atoms. The van der Waals surface area contributed by atoms with Crippen LogP contribution in [-0.2, 0) is 0 Å². The lowest BCUT2D eigenvalue weighted by atomic mass is 10.1. The van der Waals surface area contributed by atoms with E-state index in [4.69, 9.17) is 5.11 Å². The van der Waals surface area contributed by atoms with E-state index in [1.54, 1.807) is 0 Å². The van der Waals surface area contributed by atoms with Crippen molar-refractivity contribution < 1.29 is 9.90 Å². The summed E-state index contributed by atoms with van der Waals surface area (Å²) in [6, 6.07) is 9.24. The summed E-state index contributed by atoms with van der Waals surface area (Å²) in [5, 5.41) is 13.1. The van der Waals surface area contributed by atoms with Crippen LogP contribution in [0.1, 0.15) is 16.1 Å². The van der Waals surface area contributed by atoms with Gasteiger partial charge in [-0.1, -0.05) is 29.8 Å². The van der Waals surface area contributed by atoms with Crippen LogP contribution in [-0.4, -0.2) is 30.7 Å². The average Bonchev–Trinajstić information content (AvgIpc) is 2.86. The van der Waals surface area contributed by atoms with Crippen molar-refractivity contribution in [1.29, 1.82) is 0 Å². The summed E-state index contributed by atoms with van der Waals surface area (Å²) in [6.45, 7) is 1.99. The lowest BCUT2D eigenvalue weighted by molar-refractivity contribution is 0.0690. The lowest BCUT2D eigenvalue weighted by Gasteiger charge is -2.05. The Kier molecular flexibility index (Phi) is 2.49. The number of fused-ring (bicyclic) bond motifs is 1. The fraction of sp³-hybridized carbons (Fsp3) is 0.0769. The topological polar surface area (TPSA) is 80.4 Å². The number of hydrogen-bond acceptors (Lipinski definition) is 4. The molecule has 3 aromatic rings. The lowest BCUT2D eigenvalue weighted by Crippen LogP contribution is -2.05. The van der Waals surface area contributed by atoms with Crippen LogP contribution in [0.15, 0.2) is 36.7 Å². The van der Waals surface area contributed by atoms with Gasteiger partial charge in [0.15, 0.2) is 5.69 Å². The molecular formula is C13H10N4O2. The van der Waals surface area contributed by atoms with E-state index in [2.05, 4.69) is 15.1 Å². The molecule has 6 heteroatoms. The van der Waals surface area contributed by atoms with E-state index in [9.17, 15) is 4.79 Å². The Balaban J connectivity index is 2.29. The molecule has 0 aliphatic rings. The summed E-state index contributed by atoms with van der Waals surface area (Å²) < 4.78 is 1.52. The summed E-state index contributed by atoms with van der Waals surface area (Å²) in [5.41, 5.74) is 2.60. The van der Waals surface area contributed by atoms with Crippen LogP contribution in [0.5, 0.6) is 0 Å². The molecule has 0 aliphatic heterocycles. The average molecular weight is 254 g/mol. The van der Waals surface area contributed by atoms with E-state index in [0.717, 1.165) is 11.1 Å². The highest BCUT2D eigenvalue weighted by Gasteiger charge is 2.13. The van der Waals surface area contributed by atoms with Crippen molar-refractivity contribution in [2.75, 3.05) is 0 Å². The van der Waals surface area contributed by atoms with Crippen molar-refractivity contribution in [1.82, 2.24) is 19.6 Å². The Morgan fingerprint density at radius 1 is 1.26 bits per heavy atom. The fourth-order valence-corrected chi connectivity index (χ4v) is 1.85. The molecule has 3 rings (SSSR count). The molecule has 0 radical (unpaired) electrons. The molecule has 0 aliphatic carbocycles. The Morgan fingerprint density at radius 3 is 2.68 bits per heavy atom. The van der Waals surface area contributed by atoms with Gasteiger partial charge in [-0.3, -0.25) is 0 Å². The highest BCUT2D eigenvalue weighted by molar-refractivity contribution is 5.87. The second-order valence-corrected chi connectivity index (χ2v) is 4.17. The number of hydrogen-bond donors (Lipinski definition) is 1. The third kappa shape index (κ3) is 1.93. The number of aromatic carboxylic acids is 1. The minimum absolute atomic E-state index is 0.0453. The van der Waals surface area contributed by atoms with Crippen LogP contribution in [0.4, 0.5) is 0 Å². The number of rotatable bonds is 2. The van der Waals surface area contributed by atoms with Crippen LogP contribution in [0.25, 0.3) is 17.0 Å². The van der Waals surface area contributed by atoms with Gasteiger partial charge in [-0.25, -0.2) is 9.78 Å². The van der Waals surface area contributed by atoms with Crippen LogP contribution < -0.4 is 0 Å². The monoisotopic (exact) mass is 254 g/mol. The molecule has 0 saturated heterocycles. The third-order valence-electron chi connectivity index (χ3n) is 2.82. The SMILES string of the molecule is Cc1ccc(-c2cc(C(=O)O)nc3ncnn23)cc1. The fourth-order valence-electron chi connectivity index (χ4n) is 1.85. The van der Waals surface area contributed by atoms with E-state index in [0.29, 0.717) is 5.69 Å². The Morgan fingerprint density at radius 2 is 2.00 bits per heavy atom. The van der Waals surface area contributed by atoms with Crippen LogP contribution in [0, 0.1) is 6.92 Å². The molecule has 1 aromatic carbocycles. The third-order valence-corrected chi connectivity index (χ3v) is 2.82. The van der Waals surface area contributed by atoms with Crippen LogP contribution in [0.2, 0.25) is 0 Å². The summed E-state index contributed by atoms with van der Waals surface area (Å²) >= 11 is 0. The zero-order valence-electron chi connectivity index (χ0n) is 10.1. The maximum Gasteiger partial charge on any atom is 0.354 e. The van der Waals surface area contributed by atoms with Crippen molar-refractivity contribution in [2.24, 2.45) is 0 Å². The van der Waals surface area contributed by atoms with Gasteiger partial charge in [0.2, 0.25) is 0 Å². The summed E-state index contributed by atoms with van der Waals surface area (Å²) in [7, 11) is 0. The molecule has 0 spiro atoms. The van der Waals surface area contributed by atoms with Gasteiger partial charge in [0.05, 0.1) is 5.69 Å².